The van der Waals surface area contributed by atoms with Crippen molar-refractivity contribution in [2.75, 3.05) is 7.05 Å². The first-order chi connectivity index (χ1) is 13.1. The number of rotatable bonds is 3. The minimum Gasteiger partial charge on any atom is -0.478 e. The summed E-state index contributed by atoms with van der Waals surface area (Å²) in [6.07, 6.45) is 1.50. The Bertz CT molecular complexity index is 1090. The fourth-order valence-electron chi connectivity index (χ4n) is 3.05. The van der Waals surface area contributed by atoms with E-state index in [0.29, 0.717) is 11.3 Å². The maximum absolute atomic E-state index is 12.4. The average Bonchev–Trinajstić information content (AvgIpc) is 2.91. The molecule has 1 aliphatic heterocycles. The zero-order valence-corrected chi connectivity index (χ0v) is 16.8. The number of likely N-dealkylation sites (N-methyl/N-ethyl adjacent to an activating group) is 1. The molecule has 3 rings (SSSR count). The van der Waals surface area contributed by atoms with Gasteiger partial charge in [0.05, 0.1) is 10.6 Å². The van der Waals surface area contributed by atoms with Gasteiger partial charge in [-0.1, -0.05) is 11.6 Å². The number of halogens is 1. The standard InChI is InChI=1S/C19H16ClN3O4S/c1-9-6-11(7-14-16(24)21-19(28)22(3)17(14)25)10(2)23(9)12-4-5-15(20)13(8-12)18(26)27/h4-8H,1-3H3,(H,26,27)(H,21,24,28)/b14-7+. The summed E-state index contributed by atoms with van der Waals surface area (Å²) in [4.78, 5) is 37.2. The third-order valence-corrected chi connectivity index (χ3v) is 5.22. The normalized spacial score (nSPS) is 15.9. The van der Waals surface area contributed by atoms with Gasteiger partial charge >= 0.3 is 5.97 Å². The van der Waals surface area contributed by atoms with Crippen molar-refractivity contribution < 1.29 is 19.5 Å². The SMILES string of the molecule is Cc1cc(/C=C2\C(=O)NC(=S)N(C)C2=O)c(C)n1-c1ccc(Cl)c(C(=O)O)c1. The number of carbonyl (C=O) groups excluding carboxylic acids is 2. The van der Waals surface area contributed by atoms with Crippen molar-refractivity contribution in [2.24, 2.45) is 0 Å². The van der Waals surface area contributed by atoms with E-state index < -0.39 is 17.8 Å². The molecular weight excluding hydrogens is 402 g/mol. The fraction of sp³-hybridized carbons (Fsp3) is 0.158. The first-order valence-corrected chi connectivity index (χ1v) is 8.97. The lowest BCUT2D eigenvalue weighted by Crippen LogP contribution is -2.52. The Balaban J connectivity index is 2.10. The first-order valence-electron chi connectivity index (χ1n) is 8.19. The molecule has 0 atom stereocenters. The van der Waals surface area contributed by atoms with Crippen LogP contribution >= 0.6 is 23.8 Å². The molecule has 1 aliphatic rings. The van der Waals surface area contributed by atoms with E-state index >= 15 is 0 Å². The zero-order chi connectivity index (χ0) is 20.7. The van der Waals surface area contributed by atoms with Crippen molar-refractivity contribution in [1.82, 2.24) is 14.8 Å². The van der Waals surface area contributed by atoms with Crippen molar-refractivity contribution >= 4 is 52.8 Å². The summed E-state index contributed by atoms with van der Waals surface area (Å²) in [5.74, 6) is -2.17. The summed E-state index contributed by atoms with van der Waals surface area (Å²) in [5, 5.41) is 12.0. The van der Waals surface area contributed by atoms with Crippen molar-refractivity contribution in [2.45, 2.75) is 13.8 Å². The molecule has 0 aliphatic carbocycles. The fourth-order valence-corrected chi connectivity index (χ4v) is 3.42. The van der Waals surface area contributed by atoms with Crippen LogP contribution in [0.15, 0.2) is 29.8 Å². The molecule has 144 valence electrons. The third-order valence-electron chi connectivity index (χ3n) is 4.51. The number of nitrogens with zero attached hydrogens (tertiary/aromatic N) is 2. The molecule has 1 fully saturated rings. The number of benzene rings is 1. The number of nitrogens with one attached hydrogen (secondary N) is 1. The Kier molecular flexibility index (Phi) is 5.10. The van der Waals surface area contributed by atoms with E-state index in [4.69, 9.17) is 23.8 Å². The minimum absolute atomic E-state index is 0.0106. The Hall–Kier alpha value is -2.97. The lowest BCUT2D eigenvalue weighted by molar-refractivity contribution is -0.128. The van der Waals surface area contributed by atoms with Gasteiger partial charge in [-0.05, 0) is 62.0 Å². The highest BCUT2D eigenvalue weighted by Gasteiger charge is 2.31. The van der Waals surface area contributed by atoms with Crippen LogP contribution in [0, 0.1) is 13.8 Å². The molecule has 0 unspecified atom stereocenters. The van der Waals surface area contributed by atoms with Gasteiger partial charge in [0.25, 0.3) is 11.8 Å². The predicted octanol–water partition coefficient (Wildman–Crippen LogP) is 2.70. The number of thiocarbonyl (C=S) groups is 1. The highest BCUT2D eigenvalue weighted by Crippen LogP contribution is 2.26. The van der Waals surface area contributed by atoms with Crippen LogP contribution in [0.25, 0.3) is 11.8 Å². The smallest absolute Gasteiger partial charge is 0.337 e. The van der Waals surface area contributed by atoms with E-state index in [1.807, 2.05) is 24.5 Å². The summed E-state index contributed by atoms with van der Waals surface area (Å²) in [5.41, 5.74) is 2.76. The van der Waals surface area contributed by atoms with E-state index in [2.05, 4.69) is 5.32 Å². The lowest BCUT2D eigenvalue weighted by atomic mass is 10.1. The maximum Gasteiger partial charge on any atom is 0.337 e. The summed E-state index contributed by atoms with van der Waals surface area (Å²) in [6, 6.07) is 6.51. The number of hydrogen-bond donors (Lipinski definition) is 2. The van der Waals surface area contributed by atoms with Gasteiger partial charge in [-0.2, -0.15) is 0 Å². The van der Waals surface area contributed by atoms with Crippen molar-refractivity contribution in [3.8, 4) is 5.69 Å². The Labute approximate surface area is 171 Å². The van der Waals surface area contributed by atoms with Crippen LogP contribution in [0.2, 0.25) is 5.02 Å². The van der Waals surface area contributed by atoms with E-state index in [1.165, 1.54) is 30.2 Å². The van der Waals surface area contributed by atoms with Gasteiger partial charge in [-0.25, -0.2) is 4.79 Å². The number of carboxylic acid groups (broad SMARTS) is 1. The molecule has 2 aromatic rings. The predicted molar refractivity (Wildman–Crippen MR) is 109 cm³/mol. The maximum atomic E-state index is 12.4. The molecule has 1 aromatic carbocycles. The second kappa shape index (κ2) is 7.21. The third kappa shape index (κ3) is 3.32. The Morgan fingerprint density at radius 1 is 1.25 bits per heavy atom. The Morgan fingerprint density at radius 2 is 1.93 bits per heavy atom. The van der Waals surface area contributed by atoms with E-state index in [-0.39, 0.29) is 21.3 Å². The van der Waals surface area contributed by atoms with E-state index in [0.717, 1.165) is 11.4 Å². The topological polar surface area (TPSA) is 91.6 Å². The summed E-state index contributed by atoms with van der Waals surface area (Å²) in [7, 11) is 1.49. The number of aromatic nitrogens is 1. The molecule has 2 amide bonds. The molecule has 2 N–H and O–H groups in total. The molecule has 0 saturated carbocycles. The van der Waals surface area contributed by atoms with Crippen molar-refractivity contribution in [3.63, 3.8) is 0 Å². The number of aryl methyl sites for hydroxylation is 1. The monoisotopic (exact) mass is 417 g/mol. The highest BCUT2D eigenvalue weighted by atomic mass is 35.5. The zero-order valence-electron chi connectivity index (χ0n) is 15.2. The Morgan fingerprint density at radius 3 is 2.57 bits per heavy atom. The van der Waals surface area contributed by atoms with Crippen LogP contribution in [0.5, 0.6) is 0 Å². The second-order valence-corrected chi connectivity index (χ2v) is 7.11. The van der Waals surface area contributed by atoms with Crippen molar-refractivity contribution in [3.05, 3.63) is 57.4 Å². The van der Waals surface area contributed by atoms with Crippen LogP contribution in [0.1, 0.15) is 27.3 Å². The van der Waals surface area contributed by atoms with Gasteiger partial charge in [0.15, 0.2) is 5.11 Å². The van der Waals surface area contributed by atoms with Crippen LogP contribution in [0.3, 0.4) is 0 Å². The molecule has 2 heterocycles. The lowest BCUT2D eigenvalue weighted by Gasteiger charge is -2.25. The average molecular weight is 418 g/mol. The van der Waals surface area contributed by atoms with Crippen LogP contribution in [-0.2, 0) is 9.59 Å². The molecule has 7 nitrogen and oxygen atoms in total. The second-order valence-electron chi connectivity index (χ2n) is 6.31. The highest BCUT2D eigenvalue weighted by molar-refractivity contribution is 7.80. The molecule has 1 aromatic heterocycles. The van der Waals surface area contributed by atoms with Gasteiger partial charge in [-0.15, -0.1) is 0 Å². The molecule has 0 radical (unpaired) electrons. The molecule has 9 heteroatoms. The summed E-state index contributed by atoms with van der Waals surface area (Å²) >= 11 is 10.9. The molecule has 0 bridgehead atoms. The quantitative estimate of drug-likeness (QED) is 0.455. The summed E-state index contributed by atoms with van der Waals surface area (Å²) < 4.78 is 1.83. The molecule has 0 spiro atoms. The first kappa shape index (κ1) is 19.8. The molecular formula is C19H16ClN3O4S. The van der Waals surface area contributed by atoms with Gasteiger partial charge in [0.1, 0.15) is 5.57 Å². The molecule has 28 heavy (non-hydrogen) atoms. The number of aromatic carboxylic acids is 1. The minimum atomic E-state index is -1.12. The van der Waals surface area contributed by atoms with E-state index in [1.54, 1.807) is 6.07 Å². The van der Waals surface area contributed by atoms with Crippen LogP contribution < -0.4 is 5.32 Å². The van der Waals surface area contributed by atoms with E-state index in [9.17, 15) is 19.5 Å². The largest absolute Gasteiger partial charge is 0.478 e. The van der Waals surface area contributed by atoms with Crippen LogP contribution in [-0.4, -0.2) is 44.5 Å². The van der Waals surface area contributed by atoms with Gasteiger partial charge in [0.2, 0.25) is 0 Å². The van der Waals surface area contributed by atoms with Crippen molar-refractivity contribution in [1.29, 1.82) is 0 Å². The number of carboxylic acids is 1. The number of amides is 2. The number of hydrogen-bond acceptors (Lipinski definition) is 4. The van der Waals surface area contributed by atoms with Crippen LogP contribution in [0.4, 0.5) is 0 Å². The van der Waals surface area contributed by atoms with Gasteiger partial charge in [-0.3, -0.25) is 19.8 Å². The number of carbonyl (C=O) groups is 3. The van der Waals surface area contributed by atoms with Gasteiger partial charge in [0, 0.05) is 24.1 Å². The molecule has 1 saturated heterocycles. The van der Waals surface area contributed by atoms with Gasteiger partial charge < -0.3 is 9.67 Å². The summed E-state index contributed by atoms with van der Waals surface area (Å²) in [6.45, 7) is 3.65.